The van der Waals surface area contributed by atoms with Gasteiger partial charge in [-0.15, -0.1) is 0 Å². The van der Waals surface area contributed by atoms with Crippen LogP contribution in [-0.4, -0.2) is 62.2 Å². The van der Waals surface area contributed by atoms with E-state index in [9.17, 15) is 15.3 Å². The molecule has 7 N–H and O–H groups in total. The lowest BCUT2D eigenvalue weighted by atomic mass is 9.68. The zero-order chi connectivity index (χ0) is 32.4. The van der Waals surface area contributed by atoms with Crippen LogP contribution in [0.1, 0.15) is 60.9 Å². The fraction of sp³-hybridized carbons (Fsp3) is 0.351. The normalized spacial score (nSPS) is 13.1. The van der Waals surface area contributed by atoms with Gasteiger partial charge < -0.3 is 35.7 Å². The number of benzene rings is 4. The Hall–Kier alpha value is -3.88. The van der Waals surface area contributed by atoms with Gasteiger partial charge in [0.05, 0.1) is 31.8 Å². The molecule has 1 atom stereocenters. The second kappa shape index (κ2) is 15.2. The molecule has 7 nitrogen and oxygen atoms in total. The van der Waals surface area contributed by atoms with Crippen LogP contribution in [-0.2, 0) is 10.8 Å². The van der Waals surface area contributed by atoms with E-state index in [1.165, 1.54) is 16.7 Å². The van der Waals surface area contributed by atoms with Gasteiger partial charge in [0.25, 0.3) is 0 Å². The molecule has 1 unspecified atom stereocenters. The van der Waals surface area contributed by atoms with Crippen LogP contribution >= 0.6 is 0 Å². The second-order valence-corrected chi connectivity index (χ2v) is 12.2. The Balaban J connectivity index is 0.000000512. The molecule has 0 saturated carbocycles. The van der Waals surface area contributed by atoms with Crippen molar-refractivity contribution < 1.29 is 35.7 Å². The lowest BCUT2D eigenvalue weighted by Crippen LogP contribution is -2.37. The number of hydrogen-bond acceptors (Lipinski definition) is 7. The first-order chi connectivity index (χ1) is 20.9. The largest absolute Gasteiger partial charge is 0.508 e. The first-order valence-electron chi connectivity index (χ1n) is 14.8. The molecular weight excluding hydrogens is 556 g/mol. The van der Waals surface area contributed by atoms with E-state index in [1.807, 2.05) is 36.4 Å². The summed E-state index contributed by atoms with van der Waals surface area (Å²) in [5, 5.41) is 63.6. The number of aliphatic hydroxyl groups is 4. The maximum Gasteiger partial charge on any atom is 0.115 e. The Morgan fingerprint density at radius 2 is 0.682 bits per heavy atom. The first-order valence-corrected chi connectivity index (χ1v) is 14.8. The molecule has 0 spiro atoms. The summed E-state index contributed by atoms with van der Waals surface area (Å²) in [6.45, 7) is 4.99. The highest BCUT2D eigenvalue weighted by atomic mass is 16.3. The highest BCUT2D eigenvalue weighted by molar-refractivity contribution is 5.44. The van der Waals surface area contributed by atoms with Crippen molar-refractivity contribution in [3.8, 4) is 17.2 Å². The molecule has 0 amide bonds. The van der Waals surface area contributed by atoms with Gasteiger partial charge in [0.2, 0.25) is 0 Å². The van der Waals surface area contributed by atoms with Gasteiger partial charge in [0.15, 0.2) is 0 Å². The van der Waals surface area contributed by atoms with Gasteiger partial charge in [-0.05, 0) is 78.4 Å². The SMILES string of the molecule is Cc1ccc(C(C)(CCCC(C)(c2ccc(O)cc2)c2ccc(O)cc2)c2ccc(O)cc2)cc1.OCC(CO)(CO)CO. The van der Waals surface area contributed by atoms with Crippen LogP contribution in [0.25, 0.3) is 0 Å². The molecule has 0 saturated heterocycles. The molecule has 0 radical (unpaired) electrons. The zero-order valence-electron chi connectivity index (χ0n) is 25.8. The van der Waals surface area contributed by atoms with Gasteiger partial charge >= 0.3 is 0 Å². The molecule has 236 valence electrons. The van der Waals surface area contributed by atoms with E-state index in [-0.39, 0.29) is 28.1 Å². The van der Waals surface area contributed by atoms with Gasteiger partial charge in [-0.1, -0.05) is 86.5 Å². The van der Waals surface area contributed by atoms with Gasteiger partial charge in [0.1, 0.15) is 17.2 Å². The van der Waals surface area contributed by atoms with Crippen LogP contribution < -0.4 is 0 Å². The van der Waals surface area contributed by atoms with E-state index < -0.39 is 31.8 Å². The van der Waals surface area contributed by atoms with Crippen molar-refractivity contribution in [2.45, 2.75) is 50.9 Å². The summed E-state index contributed by atoms with van der Waals surface area (Å²) in [7, 11) is 0. The number of phenolic OH excluding ortho intramolecular Hbond substituents is 3. The third-order valence-electron chi connectivity index (χ3n) is 8.90. The van der Waals surface area contributed by atoms with Crippen LogP contribution in [0.15, 0.2) is 97.1 Å². The Bertz CT molecular complexity index is 1200. The van der Waals surface area contributed by atoms with Crippen molar-refractivity contribution in [3.63, 3.8) is 0 Å². The number of phenols is 3. The standard InChI is InChI=1S/C32H34O3.C5H12O4/c1-23-5-7-24(8-6-23)31(2,25-9-15-28(33)16-10-25)21-4-22-32(3,26-11-17-29(34)18-12-26)27-13-19-30(35)20-14-27;6-1-5(2-7,3-8)4-9/h5-20,33-35H,4,21-22H2,1-3H3;6-9H,1-4H2. The predicted octanol–water partition coefficient (Wildman–Crippen LogP) is 5.54. The Morgan fingerprint density at radius 3 is 0.909 bits per heavy atom. The molecule has 44 heavy (non-hydrogen) atoms. The lowest BCUT2D eigenvalue weighted by Gasteiger charge is -2.35. The summed E-state index contributed by atoms with van der Waals surface area (Å²) >= 11 is 0. The minimum atomic E-state index is -1.11. The van der Waals surface area contributed by atoms with Crippen LogP contribution in [0, 0.1) is 12.3 Å². The summed E-state index contributed by atoms with van der Waals surface area (Å²) in [5.74, 6) is 0.773. The van der Waals surface area contributed by atoms with E-state index in [2.05, 4.69) is 45.0 Å². The third-order valence-corrected chi connectivity index (χ3v) is 8.90. The van der Waals surface area contributed by atoms with Crippen molar-refractivity contribution in [2.75, 3.05) is 26.4 Å². The lowest BCUT2D eigenvalue weighted by molar-refractivity contribution is -0.0328. The van der Waals surface area contributed by atoms with Crippen molar-refractivity contribution in [2.24, 2.45) is 5.41 Å². The summed E-state index contributed by atoms with van der Waals surface area (Å²) < 4.78 is 0. The molecule has 4 aromatic carbocycles. The monoisotopic (exact) mass is 602 g/mol. The molecule has 0 aliphatic heterocycles. The topological polar surface area (TPSA) is 142 Å². The minimum absolute atomic E-state index is 0.216. The number of aromatic hydroxyl groups is 3. The Morgan fingerprint density at radius 1 is 0.432 bits per heavy atom. The quantitative estimate of drug-likeness (QED) is 0.113. The second-order valence-electron chi connectivity index (χ2n) is 12.2. The van der Waals surface area contributed by atoms with Gasteiger partial charge in [-0.25, -0.2) is 0 Å². The van der Waals surface area contributed by atoms with E-state index in [0.29, 0.717) is 0 Å². The van der Waals surface area contributed by atoms with Gasteiger partial charge in [-0.3, -0.25) is 0 Å². The molecule has 0 bridgehead atoms. The van der Waals surface area contributed by atoms with E-state index >= 15 is 0 Å². The molecule has 0 aliphatic rings. The van der Waals surface area contributed by atoms with Crippen molar-refractivity contribution in [1.29, 1.82) is 0 Å². The van der Waals surface area contributed by atoms with Gasteiger partial charge in [0, 0.05) is 10.8 Å². The summed E-state index contributed by atoms with van der Waals surface area (Å²) in [6, 6.07) is 31.2. The average Bonchev–Trinajstić information content (AvgIpc) is 3.04. The Kier molecular flexibility index (Phi) is 12.0. The molecule has 7 heteroatoms. The summed E-state index contributed by atoms with van der Waals surface area (Å²) in [6.07, 6.45) is 2.76. The molecule has 0 heterocycles. The van der Waals surface area contributed by atoms with Crippen molar-refractivity contribution >= 4 is 0 Å². The van der Waals surface area contributed by atoms with E-state index in [4.69, 9.17) is 20.4 Å². The molecule has 0 aromatic heterocycles. The summed E-state index contributed by atoms with van der Waals surface area (Å²) in [5.41, 5.74) is 4.30. The van der Waals surface area contributed by atoms with Gasteiger partial charge in [-0.2, -0.15) is 0 Å². The molecule has 4 rings (SSSR count). The van der Waals surface area contributed by atoms with Crippen LogP contribution in [0.4, 0.5) is 0 Å². The maximum atomic E-state index is 9.87. The first kappa shape index (κ1) is 34.6. The number of rotatable bonds is 12. The highest BCUT2D eigenvalue weighted by Crippen LogP contribution is 2.42. The maximum absolute atomic E-state index is 9.87. The van der Waals surface area contributed by atoms with Crippen LogP contribution in [0.5, 0.6) is 17.2 Å². The fourth-order valence-electron chi connectivity index (χ4n) is 5.42. The average molecular weight is 603 g/mol. The Labute approximate surface area is 260 Å². The van der Waals surface area contributed by atoms with Crippen molar-refractivity contribution in [1.82, 2.24) is 0 Å². The molecule has 0 fully saturated rings. The zero-order valence-corrected chi connectivity index (χ0v) is 25.8. The van der Waals surface area contributed by atoms with E-state index in [1.54, 1.807) is 36.4 Å². The molecule has 0 aliphatic carbocycles. The smallest absolute Gasteiger partial charge is 0.115 e. The molecular formula is C37H46O7. The number of hydrogen-bond donors (Lipinski definition) is 7. The van der Waals surface area contributed by atoms with E-state index in [0.717, 1.165) is 30.4 Å². The molecule has 4 aromatic rings. The fourth-order valence-corrected chi connectivity index (χ4v) is 5.42. The van der Waals surface area contributed by atoms with Crippen LogP contribution in [0.3, 0.4) is 0 Å². The van der Waals surface area contributed by atoms with Crippen molar-refractivity contribution in [3.05, 3.63) is 125 Å². The minimum Gasteiger partial charge on any atom is -0.508 e. The number of aryl methyl sites for hydroxylation is 1. The van der Waals surface area contributed by atoms with Crippen LogP contribution in [0.2, 0.25) is 0 Å². The highest BCUT2D eigenvalue weighted by Gasteiger charge is 2.33. The predicted molar refractivity (Wildman–Crippen MR) is 173 cm³/mol. The summed E-state index contributed by atoms with van der Waals surface area (Å²) in [4.78, 5) is 0. The number of aliphatic hydroxyl groups excluding tert-OH is 4. The third kappa shape index (κ3) is 8.18.